The quantitative estimate of drug-likeness (QED) is 0.458. The summed E-state index contributed by atoms with van der Waals surface area (Å²) in [6.45, 7) is 0. The fraction of sp³-hybridized carbons (Fsp3) is 0.0556. The molecule has 0 N–H and O–H groups in total. The molecule has 4 rings (SSSR count). The number of hydrogen-bond donors (Lipinski definition) is 0. The summed E-state index contributed by atoms with van der Waals surface area (Å²) in [4.78, 5) is 4.47. The van der Waals surface area contributed by atoms with Gasteiger partial charge < -0.3 is 0 Å². The first kappa shape index (κ1) is 14.3. The van der Waals surface area contributed by atoms with E-state index < -0.39 is 4.33 Å². The zero-order chi connectivity index (χ0) is 15.2. The average Bonchev–Trinajstić information content (AvgIpc) is 2.55. The first-order valence-corrected chi connectivity index (χ1v) is 9.35. The van der Waals surface area contributed by atoms with Crippen LogP contribution in [0.15, 0.2) is 66.9 Å². The van der Waals surface area contributed by atoms with Crippen molar-refractivity contribution in [2.75, 3.05) is 0 Å². The molecule has 1 aromatic heterocycles. The van der Waals surface area contributed by atoms with E-state index in [0.29, 0.717) is 0 Å². The van der Waals surface area contributed by atoms with E-state index >= 15 is 0 Å². The number of alkyl halides is 2. The van der Waals surface area contributed by atoms with Crippen LogP contribution in [0.1, 0.15) is 11.1 Å². The van der Waals surface area contributed by atoms with Crippen molar-refractivity contribution in [3.05, 3.63) is 78.0 Å². The molecular formula is C18H11Cl2NSe. The second kappa shape index (κ2) is 5.40. The molecule has 22 heavy (non-hydrogen) atoms. The van der Waals surface area contributed by atoms with Crippen LogP contribution in [-0.2, 0) is 4.33 Å². The second-order valence-electron chi connectivity index (χ2n) is 5.07. The maximum absolute atomic E-state index is 6.84. The number of pyridine rings is 1. The molecule has 0 amide bonds. The SMILES string of the molecule is ClC1(Cl)c2ccccc2[Se]c2cccc(-c3ccccn3)c21. The Balaban J connectivity index is 1.99. The van der Waals surface area contributed by atoms with Gasteiger partial charge in [-0.05, 0) is 0 Å². The molecule has 1 nitrogen and oxygen atoms in total. The van der Waals surface area contributed by atoms with Crippen molar-refractivity contribution in [2.24, 2.45) is 0 Å². The standard InChI is InChI=1S/C18H11Cl2NSe/c19-18(20)13-7-1-2-9-15(13)22-16-10-5-6-12(17(16)18)14-8-3-4-11-21-14/h1-11H. The van der Waals surface area contributed by atoms with Crippen molar-refractivity contribution >= 4 is 47.1 Å². The molecule has 0 bridgehead atoms. The predicted octanol–water partition coefficient (Wildman–Crippen LogP) is 3.40. The summed E-state index contributed by atoms with van der Waals surface area (Å²) < 4.78 is 1.42. The third kappa shape index (κ3) is 2.19. The zero-order valence-corrected chi connectivity index (χ0v) is 14.7. The molecule has 0 atom stereocenters. The van der Waals surface area contributed by atoms with Gasteiger partial charge in [0, 0.05) is 0 Å². The van der Waals surface area contributed by atoms with Crippen LogP contribution in [0, 0.1) is 0 Å². The summed E-state index contributed by atoms with van der Waals surface area (Å²) in [5, 5.41) is 0. The van der Waals surface area contributed by atoms with Gasteiger partial charge >= 0.3 is 146 Å². The monoisotopic (exact) mass is 391 g/mol. The fourth-order valence-corrected chi connectivity index (χ4v) is 6.56. The average molecular weight is 391 g/mol. The molecule has 3 aromatic rings. The summed E-state index contributed by atoms with van der Waals surface area (Å²) in [6, 6.07) is 20.3. The van der Waals surface area contributed by atoms with Crippen LogP contribution in [0.3, 0.4) is 0 Å². The zero-order valence-electron chi connectivity index (χ0n) is 11.5. The molecule has 4 heteroatoms. The summed E-state index contributed by atoms with van der Waals surface area (Å²) in [7, 11) is 0. The molecule has 1 aliphatic rings. The van der Waals surface area contributed by atoms with Gasteiger partial charge in [0.05, 0.1) is 0 Å². The molecule has 0 saturated carbocycles. The number of halogens is 2. The molecule has 0 saturated heterocycles. The Morgan fingerprint density at radius 1 is 0.818 bits per heavy atom. The topological polar surface area (TPSA) is 12.9 Å². The van der Waals surface area contributed by atoms with Crippen LogP contribution in [0.5, 0.6) is 0 Å². The van der Waals surface area contributed by atoms with Gasteiger partial charge in [-0.15, -0.1) is 0 Å². The Morgan fingerprint density at radius 2 is 1.59 bits per heavy atom. The second-order valence-corrected chi connectivity index (χ2v) is 8.67. The van der Waals surface area contributed by atoms with Gasteiger partial charge in [-0.1, -0.05) is 0 Å². The minimum atomic E-state index is -1.04. The van der Waals surface area contributed by atoms with Crippen molar-refractivity contribution in [1.82, 2.24) is 4.98 Å². The number of hydrogen-bond acceptors (Lipinski definition) is 1. The number of benzene rings is 2. The molecule has 0 unspecified atom stereocenters. The molecule has 0 radical (unpaired) electrons. The van der Waals surface area contributed by atoms with E-state index in [1.165, 1.54) is 8.92 Å². The number of aromatic nitrogens is 1. The van der Waals surface area contributed by atoms with Crippen LogP contribution < -0.4 is 8.92 Å². The van der Waals surface area contributed by atoms with E-state index in [0.717, 1.165) is 22.4 Å². The molecule has 0 fully saturated rings. The minimum absolute atomic E-state index is 0.198. The third-order valence-corrected chi connectivity index (χ3v) is 6.89. The molecule has 108 valence electrons. The van der Waals surface area contributed by atoms with Gasteiger partial charge in [-0.25, -0.2) is 0 Å². The molecular weight excluding hydrogens is 380 g/mol. The van der Waals surface area contributed by atoms with E-state index in [2.05, 4.69) is 23.2 Å². The normalized spacial score (nSPS) is 15.0. The number of rotatable bonds is 1. The van der Waals surface area contributed by atoms with Crippen molar-refractivity contribution in [2.45, 2.75) is 4.33 Å². The third-order valence-electron chi connectivity index (χ3n) is 3.73. The van der Waals surface area contributed by atoms with E-state index in [1.807, 2.05) is 42.5 Å². The van der Waals surface area contributed by atoms with Crippen molar-refractivity contribution in [1.29, 1.82) is 0 Å². The Hall–Kier alpha value is -1.31. The summed E-state index contributed by atoms with van der Waals surface area (Å²) in [5.41, 5.74) is 3.89. The Bertz CT molecular complexity index is 847. The van der Waals surface area contributed by atoms with Crippen molar-refractivity contribution in [3.63, 3.8) is 0 Å². The Labute approximate surface area is 145 Å². The van der Waals surface area contributed by atoms with Crippen LogP contribution in [0.4, 0.5) is 0 Å². The molecule has 0 spiro atoms. The van der Waals surface area contributed by atoms with Crippen molar-refractivity contribution in [3.8, 4) is 11.3 Å². The Kier molecular flexibility index (Phi) is 3.51. The first-order chi connectivity index (χ1) is 10.7. The van der Waals surface area contributed by atoms with Gasteiger partial charge in [0.1, 0.15) is 0 Å². The van der Waals surface area contributed by atoms with Gasteiger partial charge in [-0.3, -0.25) is 0 Å². The molecule has 2 heterocycles. The molecule has 0 aliphatic carbocycles. The van der Waals surface area contributed by atoms with Crippen LogP contribution >= 0.6 is 23.2 Å². The summed E-state index contributed by atoms with van der Waals surface area (Å²) in [5.74, 6) is 0. The fourth-order valence-electron chi connectivity index (χ4n) is 2.74. The van der Waals surface area contributed by atoms with E-state index in [1.54, 1.807) is 6.20 Å². The summed E-state index contributed by atoms with van der Waals surface area (Å²) >= 11 is 13.9. The Morgan fingerprint density at radius 3 is 2.41 bits per heavy atom. The van der Waals surface area contributed by atoms with Gasteiger partial charge in [-0.2, -0.15) is 0 Å². The first-order valence-electron chi connectivity index (χ1n) is 6.88. The molecule has 2 aromatic carbocycles. The van der Waals surface area contributed by atoms with E-state index in [9.17, 15) is 0 Å². The van der Waals surface area contributed by atoms with Gasteiger partial charge in [0.2, 0.25) is 0 Å². The van der Waals surface area contributed by atoms with E-state index in [4.69, 9.17) is 23.2 Å². The predicted molar refractivity (Wildman–Crippen MR) is 93.6 cm³/mol. The van der Waals surface area contributed by atoms with Gasteiger partial charge in [0.15, 0.2) is 0 Å². The summed E-state index contributed by atoms with van der Waals surface area (Å²) in [6.07, 6.45) is 1.79. The van der Waals surface area contributed by atoms with Crippen LogP contribution in [-0.4, -0.2) is 19.9 Å². The van der Waals surface area contributed by atoms with Crippen LogP contribution in [0.2, 0.25) is 0 Å². The van der Waals surface area contributed by atoms with Crippen LogP contribution in [0.25, 0.3) is 11.3 Å². The van der Waals surface area contributed by atoms with Gasteiger partial charge in [0.25, 0.3) is 0 Å². The van der Waals surface area contributed by atoms with Crippen molar-refractivity contribution < 1.29 is 0 Å². The maximum atomic E-state index is 6.84. The number of nitrogens with zero attached hydrogens (tertiary/aromatic N) is 1. The molecule has 1 aliphatic heterocycles. The van der Waals surface area contributed by atoms with E-state index in [-0.39, 0.29) is 15.0 Å². The number of fused-ring (bicyclic) bond motifs is 2.